The number of benzene rings is 2. The van der Waals surface area contributed by atoms with Crippen molar-refractivity contribution in [2.24, 2.45) is 0 Å². The van der Waals surface area contributed by atoms with Crippen molar-refractivity contribution in [2.45, 2.75) is 32.7 Å². The molecule has 0 radical (unpaired) electrons. The van der Waals surface area contributed by atoms with Crippen molar-refractivity contribution in [1.82, 2.24) is 5.32 Å². The molecule has 3 heteroatoms. The zero-order chi connectivity index (χ0) is 15.2. The standard InChI is InChI=1S/C18H21F2N/c1-3-8-21-13(2)9-14-4-6-15(7-5-14)16-10-17(19)12-18(20)11-16/h4-7,10-13,21H,3,8-9H2,1-2H3. The third-order valence-corrected chi connectivity index (χ3v) is 3.43. The first-order valence-corrected chi connectivity index (χ1v) is 7.37. The third-order valence-electron chi connectivity index (χ3n) is 3.43. The normalized spacial score (nSPS) is 12.4. The largest absolute Gasteiger partial charge is 0.314 e. The molecule has 0 amide bonds. The molecule has 0 heterocycles. The van der Waals surface area contributed by atoms with E-state index in [0.29, 0.717) is 11.6 Å². The maximum absolute atomic E-state index is 13.2. The van der Waals surface area contributed by atoms with E-state index >= 15 is 0 Å². The highest BCUT2D eigenvalue weighted by atomic mass is 19.1. The Morgan fingerprint density at radius 2 is 1.57 bits per heavy atom. The Morgan fingerprint density at radius 3 is 2.14 bits per heavy atom. The summed E-state index contributed by atoms with van der Waals surface area (Å²) < 4.78 is 26.5. The van der Waals surface area contributed by atoms with Crippen LogP contribution in [-0.2, 0) is 6.42 Å². The summed E-state index contributed by atoms with van der Waals surface area (Å²) in [5, 5.41) is 3.44. The van der Waals surface area contributed by atoms with E-state index in [-0.39, 0.29) is 0 Å². The maximum Gasteiger partial charge on any atom is 0.126 e. The molecule has 1 N–H and O–H groups in total. The molecular weight excluding hydrogens is 268 g/mol. The van der Waals surface area contributed by atoms with Gasteiger partial charge in [0.2, 0.25) is 0 Å². The summed E-state index contributed by atoms with van der Waals surface area (Å²) in [6.07, 6.45) is 2.06. The van der Waals surface area contributed by atoms with E-state index in [4.69, 9.17) is 0 Å². The highest BCUT2D eigenvalue weighted by Gasteiger charge is 2.05. The average Bonchev–Trinajstić information content (AvgIpc) is 2.45. The number of halogens is 2. The average molecular weight is 289 g/mol. The number of rotatable bonds is 6. The summed E-state index contributed by atoms with van der Waals surface area (Å²) in [5.41, 5.74) is 2.61. The molecule has 0 saturated heterocycles. The van der Waals surface area contributed by atoms with Gasteiger partial charge in [-0.15, -0.1) is 0 Å². The fourth-order valence-corrected chi connectivity index (χ4v) is 2.37. The third kappa shape index (κ3) is 4.64. The van der Waals surface area contributed by atoms with Gasteiger partial charge in [-0.25, -0.2) is 8.78 Å². The van der Waals surface area contributed by atoms with Gasteiger partial charge >= 0.3 is 0 Å². The smallest absolute Gasteiger partial charge is 0.126 e. The van der Waals surface area contributed by atoms with Crippen LogP contribution in [0.15, 0.2) is 42.5 Å². The van der Waals surface area contributed by atoms with Gasteiger partial charge < -0.3 is 5.32 Å². The zero-order valence-corrected chi connectivity index (χ0v) is 12.5. The molecule has 0 fully saturated rings. The molecule has 0 aliphatic heterocycles. The van der Waals surface area contributed by atoms with Gasteiger partial charge in [-0.1, -0.05) is 31.2 Å². The summed E-state index contributed by atoms with van der Waals surface area (Å²) in [4.78, 5) is 0. The second-order valence-corrected chi connectivity index (χ2v) is 5.41. The van der Waals surface area contributed by atoms with Gasteiger partial charge in [0, 0.05) is 12.1 Å². The molecule has 21 heavy (non-hydrogen) atoms. The molecule has 2 rings (SSSR count). The van der Waals surface area contributed by atoms with Crippen LogP contribution in [-0.4, -0.2) is 12.6 Å². The molecule has 0 aromatic heterocycles. The van der Waals surface area contributed by atoms with Crippen molar-refractivity contribution in [1.29, 1.82) is 0 Å². The highest BCUT2D eigenvalue weighted by molar-refractivity contribution is 5.63. The van der Waals surface area contributed by atoms with Crippen molar-refractivity contribution in [2.75, 3.05) is 6.54 Å². The first kappa shape index (κ1) is 15.6. The lowest BCUT2D eigenvalue weighted by atomic mass is 10.0. The van der Waals surface area contributed by atoms with Crippen molar-refractivity contribution >= 4 is 0 Å². The monoisotopic (exact) mass is 289 g/mol. The van der Waals surface area contributed by atoms with Crippen LogP contribution in [0.2, 0.25) is 0 Å². The summed E-state index contributed by atoms with van der Waals surface area (Å²) in [6, 6.07) is 11.9. The van der Waals surface area contributed by atoms with Gasteiger partial charge in [0.15, 0.2) is 0 Å². The van der Waals surface area contributed by atoms with Crippen LogP contribution in [0.5, 0.6) is 0 Å². The minimum absolute atomic E-state index is 0.419. The fraction of sp³-hybridized carbons (Fsp3) is 0.333. The van der Waals surface area contributed by atoms with E-state index in [1.54, 1.807) is 0 Å². The Morgan fingerprint density at radius 1 is 0.952 bits per heavy atom. The summed E-state index contributed by atoms with van der Waals surface area (Å²) >= 11 is 0. The van der Waals surface area contributed by atoms with Crippen LogP contribution < -0.4 is 5.32 Å². The second kappa shape index (κ2) is 7.32. The van der Waals surface area contributed by atoms with Crippen LogP contribution >= 0.6 is 0 Å². The van der Waals surface area contributed by atoms with Crippen molar-refractivity contribution in [3.05, 3.63) is 59.7 Å². The first-order chi connectivity index (χ1) is 10.1. The van der Waals surface area contributed by atoms with Crippen LogP contribution in [0.3, 0.4) is 0 Å². The Bertz CT molecular complexity index is 558. The molecule has 0 bridgehead atoms. The molecule has 1 unspecified atom stereocenters. The van der Waals surface area contributed by atoms with E-state index < -0.39 is 11.6 Å². The number of hydrogen-bond acceptors (Lipinski definition) is 1. The van der Waals surface area contributed by atoms with E-state index in [2.05, 4.69) is 19.2 Å². The van der Waals surface area contributed by atoms with Crippen molar-refractivity contribution in [3.63, 3.8) is 0 Å². The lowest BCUT2D eigenvalue weighted by Crippen LogP contribution is -2.28. The maximum atomic E-state index is 13.2. The Kier molecular flexibility index (Phi) is 5.45. The summed E-state index contributed by atoms with van der Waals surface area (Å²) in [5.74, 6) is -1.10. The molecule has 1 atom stereocenters. The van der Waals surface area contributed by atoms with Crippen LogP contribution in [0.4, 0.5) is 8.78 Å². The molecule has 0 saturated carbocycles. The van der Waals surface area contributed by atoms with E-state index in [0.717, 1.165) is 31.0 Å². The van der Waals surface area contributed by atoms with E-state index in [9.17, 15) is 8.78 Å². The molecular formula is C18H21F2N. The minimum Gasteiger partial charge on any atom is -0.314 e. The Labute approximate surface area is 125 Å². The molecule has 0 spiro atoms. The number of hydrogen-bond donors (Lipinski definition) is 1. The van der Waals surface area contributed by atoms with Gasteiger partial charge in [0.1, 0.15) is 11.6 Å². The Hall–Kier alpha value is -1.74. The van der Waals surface area contributed by atoms with E-state index in [1.807, 2.05) is 24.3 Å². The van der Waals surface area contributed by atoms with Gasteiger partial charge in [0.05, 0.1) is 0 Å². The molecule has 1 nitrogen and oxygen atoms in total. The van der Waals surface area contributed by atoms with Crippen molar-refractivity contribution < 1.29 is 8.78 Å². The first-order valence-electron chi connectivity index (χ1n) is 7.37. The van der Waals surface area contributed by atoms with Crippen LogP contribution in [0.1, 0.15) is 25.8 Å². The molecule has 2 aromatic rings. The minimum atomic E-state index is -0.550. The Balaban J connectivity index is 2.08. The quantitative estimate of drug-likeness (QED) is 0.822. The predicted molar refractivity (Wildman–Crippen MR) is 83.3 cm³/mol. The fourth-order valence-electron chi connectivity index (χ4n) is 2.37. The lowest BCUT2D eigenvalue weighted by Gasteiger charge is -2.13. The molecule has 2 aromatic carbocycles. The van der Waals surface area contributed by atoms with Crippen molar-refractivity contribution in [3.8, 4) is 11.1 Å². The molecule has 0 aliphatic rings. The molecule has 0 aliphatic carbocycles. The van der Waals surface area contributed by atoms with Gasteiger partial charge in [-0.3, -0.25) is 0 Å². The summed E-state index contributed by atoms with van der Waals surface area (Å²) in [6.45, 7) is 5.32. The van der Waals surface area contributed by atoms with Crippen LogP contribution in [0, 0.1) is 11.6 Å². The van der Waals surface area contributed by atoms with E-state index in [1.165, 1.54) is 17.7 Å². The predicted octanol–water partition coefficient (Wildman–Crippen LogP) is 4.56. The molecule has 112 valence electrons. The van der Waals surface area contributed by atoms with Gasteiger partial charge in [-0.2, -0.15) is 0 Å². The second-order valence-electron chi connectivity index (χ2n) is 5.41. The topological polar surface area (TPSA) is 12.0 Å². The zero-order valence-electron chi connectivity index (χ0n) is 12.5. The highest BCUT2D eigenvalue weighted by Crippen LogP contribution is 2.22. The van der Waals surface area contributed by atoms with Gasteiger partial charge in [0.25, 0.3) is 0 Å². The lowest BCUT2D eigenvalue weighted by molar-refractivity contribution is 0.543. The van der Waals surface area contributed by atoms with Crippen LogP contribution in [0.25, 0.3) is 11.1 Å². The number of nitrogens with one attached hydrogen (secondary N) is 1. The van der Waals surface area contributed by atoms with Gasteiger partial charge in [-0.05, 0) is 55.1 Å². The SMILES string of the molecule is CCCNC(C)Cc1ccc(-c2cc(F)cc(F)c2)cc1. The summed E-state index contributed by atoms with van der Waals surface area (Å²) in [7, 11) is 0.